The maximum Gasteiger partial charge on any atom is 0.335 e. The van der Waals surface area contributed by atoms with Gasteiger partial charge in [0.05, 0.1) is 27.2 Å². The van der Waals surface area contributed by atoms with Crippen LogP contribution in [0.2, 0.25) is 5.02 Å². The van der Waals surface area contributed by atoms with Crippen LogP contribution in [0, 0.1) is 0 Å². The highest BCUT2D eigenvalue weighted by molar-refractivity contribution is 9.10. The second-order valence-electron chi connectivity index (χ2n) is 8.28. The van der Waals surface area contributed by atoms with Gasteiger partial charge in [0.1, 0.15) is 12.4 Å². The zero-order valence-electron chi connectivity index (χ0n) is 19.7. The van der Waals surface area contributed by atoms with E-state index in [4.69, 9.17) is 26.4 Å². The predicted octanol–water partition coefficient (Wildman–Crippen LogP) is 6.64. The molecule has 1 heterocycles. The average molecular weight is 589 g/mol. The molecular weight excluding hydrogens is 570 g/mol. The van der Waals surface area contributed by atoms with Gasteiger partial charge in [-0.05, 0) is 57.9 Å². The van der Waals surface area contributed by atoms with Crippen LogP contribution in [-0.4, -0.2) is 27.0 Å². The molecule has 9 heteroatoms. The fraction of sp³-hybridized carbons (Fsp3) is 0.0345. The van der Waals surface area contributed by atoms with Crippen LogP contribution in [0.4, 0.5) is 0 Å². The summed E-state index contributed by atoms with van der Waals surface area (Å²) < 4.78 is 7.93. The second-order valence-corrected chi connectivity index (χ2v) is 9.57. The molecule has 0 radical (unpaired) electrons. The van der Waals surface area contributed by atoms with Crippen molar-refractivity contribution in [2.75, 3.05) is 0 Å². The summed E-state index contributed by atoms with van der Waals surface area (Å²) in [5.41, 5.74) is 2.50. The normalized spacial score (nSPS) is 11.2. The van der Waals surface area contributed by atoms with Gasteiger partial charge in [-0.3, -0.25) is 4.79 Å². The highest BCUT2D eigenvalue weighted by atomic mass is 79.9. The van der Waals surface area contributed by atoms with Crippen molar-refractivity contribution in [2.45, 2.75) is 6.61 Å². The van der Waals surface area contributed by atoms with Crippen LogP contribution in [0.5, 0.6) is 5.75 Å². The molecular formula is C29H19BrClN3O4. The number of carbonyl (C=O) groups is 1. The van der Waals surface area contributed by atoms with E-state index in [1.807, 2.05) is 36.4 Å². The van der Waals surface area contributed by atoms with Gasteiger partial charge in [-0.2, -0.15) is 9.78 Å². The Balaban J connectivity index is 1.55. The van der Waals surface area contributed by atoms with Crippen molar-refractivity contribution in [1.82, 2.24) is 9.66 Å². The van der Waals surface area contributed by atoms with Crippen LogP contribution in [0.25, 0.3) is 22.3 Å². The smallest absolute Gasteiger partial charge is 0.335 e. The number of aromatic nitrogens is 2. The molecule has 0 unspecified atom stereocenters. The molecule has 0 fully saturated rings. The van der Waals surface area contributed by atoms with Gasteiger partial charge in [-0.1, -0.05) is 66.2 Å². The Morgan fingerprint density at radius 2 is 1.74 bits per heavy atom. The molecule has 0 saturated heterocycles. The number of nitrogens with zero attached hydrogens (tertiary/aromatic N) is 3. The Morgan fingerprint density at radius 1 is 1.03 bits per heavy atom. The number of hydrogen-bond acceptors (Lipinski definition) is 5. The van der Waals surface area contributed by atoms with E-state index < -0.39 is 5.97 Å². The number of carboxylic acids is 1. The van der Waals surface area contributed by atoms with Crippen LogP contribution in [0.15, 0.2) is 105 Å². The molecule has 0 aliphatic rings. The van der Waals surface area contributed by atoms with E-state index in [0.29, 0.717) is 37.5 Å². The fourth-order valence-corrected chi connectivity index (χ4v) is 4.80. The van der Waals surface area contributed by atoms with E-state index in [1.165, 1.54) is 23.0 Å². The van der Waals surface area contributed by atoms with Gasteiger partial charge >= 0.3 is 5.97 Å². The van der Waals surface area contributed by atoms with Crippen molar-refractivity contribution < 1.29 is 14.6 Å². The largest absolute Gasteiger partial charge is 0.487 e. The molecule has 0 bridgehead atoms. The number of hydrogen-bond donors (Lipinski definition) is 1. The quantitative estimate of drug-likeness (QED) is 0.215. The lowest BCUT2D eigenvalue weighted by Crippen LogP contribution is -2.20. The number of carboxylic acid groups (broad SMARTS) is 1. The maximum atomic E-state index is 13.4. The Bertz CT molecular complexity index is 1740. The standard InChI is InChI=1S/C29H19BrClN3O4/c30-24-15-22(31)14-21(26(24)38-17-18-10-12-20(13-11-18)29(36)37)16-32-34-27(19-6-2-1-3-7-19)33-25-9-5-4-8-23(25)28(34)35/h1-16H,17H2,(H,36,37). The molecule has 5 rings (SSSR count). The van der Waals surface area contributed by atoms with E-state index in [9.17, 15) is 9.59 Å². The fourth-order valence-electron chi connectivity index (χ4n) is 3.85. The molecule has 0 atom stereocenters. The molecule has 1 N–H and O–H groups in total. The van der Waals surface area contributed by atoms with Crippen molar-refractivity contribution in [3.05, 3.63) is 128 Å². The van der Waals surface area contributed by atoms with Crippen LogP contribution in [0.3, 0.4) is 0 Å². The van der Waals surface area contributed by atoms with E-state index in [1.54, 1.807) is 42.5 Å². The number of ether oxygens (including phenoxy) is 1. The first kappa shape index (κ1) is 25.4. The Labute approximate surface area is 230 Å². The third kappa shape index (κ3) is 5.37. The summed E-state index contributed by atoms with van der Waals surface area (Å²) >= 11 is 9.82. The molecule has 7 nitrogen and oxygen atoms in total. The zero-order chi connectivity index (χ0) is 26.6. The molecule has 5 aromatic rings. The van der Waals surface area contributed by atoms with E-state index in [2.05, 4.69) is 21.0 Å². The van der Waals surface area contributed by atoms with E-state index in [0.717, 1.165) is 11.1 Å². The molecule has 0 saturated carbocycles. The first-order valence-corrected chi connectivity index (χ1v) is 12.6. The maximum absolute atomic E-state index is 13.4. The Kier molecular flexibility index (Phi) is 7.35. The van der Waals surface area contributed by atoms with Gasteiger partial charge in [-0.15, -0.1) is 0 Å². The third-order valence-electron chi connectivity index (χ3n) is 5.72. The number of fused-ring (bicyclic) bond motifs is 1. The summed E-state index contributed by atoms with van der Waals surface area (Å²) in [5, 5.41) is 14.5. The number of benzene rings is 4. The number of rotatable bonds is 7. The summed E-state index contributed by atoms with van der Waals surface area (Å²) in [5.74, 6) is -0.138. The van der Waals surface area contributed by atoms with Crippen LogP contribution >= 0.6 is 27.5 Å². The lowest BCUT2D eigenvalue weighted by Gasteiger charge is -2.13. The van der Waals surface area contributed by atoms with Crippen molar-refractivity contribution in [3.63, 3.8) is 0 Å². The molecule has 0 spiro atoms. The summed E-state index contributed by atoms with van der Waals surface area (Å²) in [6.07, 6.45) is 1.50. The molecule has 0 amide bonds. The monoisotopic (exact) mass is 587 g/mol. The first-order valence-electron chi connectivity index (χ1n) is 11.5. The van der Waals surface area contributed by atoms with E-state index in [-0.39, 0.29) is 17.7 Å². The number of halogens is 2. The van der Waals surface area contributed by atoms with Gasteiger partial charge < -0.3 is 9.84 Å². The highest BCUT2D eigenvalue weighted by Gasteiger charge is 2.14. The zero-order valence-corrected chi connectivity index (χ0v) is 22.1. The molecule has 188 valence electrons. The Hall–Kier alpha value is -4.27. The van der Waals surface area contributed by atoms with Gasteiger partial charge in [0.15, 0.2) is 5.82 Å². The van der Waals surface area contributed by atoms with Crippen LogP contribution in [-0.2, 0) is 6.61 Å². The second kappa shape index (κ2) is 11.0. The first-order chi connectivity index (χ1) is 18.4. The van der Waals surface area contributed by atoms with Crippen molar-refractivity contribution in [1.29, 1.82) is 0 Å². The summed E-state index contributed by atoms with van der Waals surface area (Å²) in [4.78, 5) is 29.3. The summed E-state index contributed by atoms with van der Waals surface area (Å²) in [7, 11) is 0. The topological polar surface area (TPSA) is 93.8 Å². The molecule has 1 aromatic heterocycles. The predicted molar refractivity (Wildman–Crippen MR) is 151 cm³/mol. The van der Waals surface area contributed by atoms with Gasteiger partial charge in [-0.25, -0.2) is 9.78 Å². The third-order valence-corrected chi connectivity index (χ3v) is 6.53. The molecule has 0 aliphatic heterocycles. The summed E-state index contributed by atoms with van der Waals surface area (Å²) in [6, 6.07) is 26.3. The minimum absolute atomic E-state index is 0.174. The van der Waals surface area contributed by atoms with Gasteiger partial charge in [0.2, 0.25) is 0 Å². The highest BCUT2D eigenvalue weighted by Crippen LogP contribution is 2.33. The SMILES string of the molecule is O=C(O)c1ccc(COc2c(Br)cc(Cl)cc2C=Nn2c(-c3ccccc3)nc3ccccc3c2=O)cc1. The lowest BCUT2D eigenvalue weighted by molar-refractivity contribution is 0.0697. The minimum Gasteiger partial charge on any atom is -0.487 e. The average Bonchev–Trinajstić information content (AvgIpc) is 2.92. The molecule has 4 aromatic carbocycles. The van der Waals surface area contributed by atoms with Crippen molar-refractivity contribution in [2.24, 2.45) is 5.10 Å². The van der Waals surface area contributed by atoms with Crippen molar-refractivity contribution in [3.8, 4) is 17.1 Å². The Morgan fingerprint density at radius 3 is 2.47 bits per heavy atom. The van der Waals surface area contributed by atoms with Gasteiger partial charge in [0.25, 0.3) is 5.56 Å². The van der Waals surface area contributed by atoms with Crippen LogP contribution < -0.4 is 10.3 Å². The van der Waals surface area contributed by atoms with E-state index >= 15 is 0 Å². The van der Waals surface area contributed by atoms with Crippen molar-refractivity contribution >= 4 is 50.6 Å². The number of para-hydroxylation sites is 1. The minimum atomic E-state index is -0.996. The van der Waals surface area contributed by atoms with Crippen LogP contribution in [0.1, 0.15) is 21.5 Å². The molecule has 0 aliphatic carbocycles. The van der Waals surface area contributed by atoms with Gasteiger partial charge in [0, 0.05) is 16.1 Å². The summed E-state index contributed by atoms with van der Waals surface area (Å²) in [6.45, 7) is 0.174. The number of aromatic carboxylic acids is 1. The lowest BCUT2D eigenvalue weighted by atomic mass is 10.1. The molecule has 38 heavy (non-hydrogen) atoms.